The van der Waals surface area contributed by atoms with E-state index in [1.165, 1.54) is 11.1 Å². The van der Waals surface area contributed by atoms with Crippen molar-refractivity contribution in [2.45, 2.75) is 13.8 Å². The van der Waals surface area contributed by atoms with Crippen LogP contribution in [0.15, 0.2) is 34.7 Å². The predicted molar refractivity (Wildman–Crippen MR) is 58.0 cm³/mol. The zero-order valence-corrected chi connectivity index (χ0v) is 8.37. The van der Waals surface area contributed by atoms with Crippen LogP contribution in [0.3, 0.4) is 0 Å². The molecule has 0 radical (unpaired) electrons. The van der Waals surface area contributed by atoms with Crippen molar-refractivity contribution in [1.82, 2.24) is 0 Å². The Morgan fingerprint density at radius 2 is 1.86 bits per heavy atom. The number of nitrogens with two attached hydrogens (primary N) is 1. The van der Waals surface area contributed by atoms with E-state index < -0.39 is 0 Å². The van der Waals surface area contributed by atoms with Crippen LogP contribution >= 0.6 is 0 Å². The van der Waals surface area contributed by atoms with Crippen molar-refractivity contribution in [3.8, 4) is 11.3 Å². The van der Waals surface area contributed by atoms with Gasteiger partial charge in [0.2, 0.25) is 0 Å². The highest BCUT2D eigenvalue weighted by molar-refractivity contribution is 5.64. The van der Waals surface area contributed by atoms with Gasteiger partial charge in [0.15, 0.2) is 5.88 Å². The average molecular weight is 187 g/mol. The second kappa shape index (κ2) is 3.22. The summed E-state index contributed by atoms with van der Waals surface area (Å²) in [5, 5.41) is 0. The number of nitrogen functional groups attached to an aromatic ring is 1. The lowest BCUT2D eigenvalue weighted by molar-refractivity contribution is 0.602. The minimum absolute atomic E-state index is 0.459. The second-order valence-electron chi connectivity index (χ2n) is 3.52. The Bertz CT molecular complexity index is 457. The average Bonchev–Trinajstić information content (AvgIpc) is 2.56. The molecule has 1 heterocycles. The highest BCUT2D eigenvalue weighted by Crippen LogP contribution is 2.27. The number of benzene rings is 1. The lowest BCUT2D eigenvalue weighted by Crippen LogP contribution is -1.83. The summed E-state index contributed by atoms with van der Waals surface area (Å²) in [4.78, 5) is 0. The van der Waals surface area contributed by atoms with E-state index >= 15 is 0 Å². The van der Waals surface area contributed by atoms with Crippen LogP contribution in [0.5, 0.6) is 0 Å². The molecule has 14 heavy (non-hydrogen) atoms. The first kappa shape index (κ1) is 8.88. The molecule has 0 aliphatic carbocycles. The van der Waals surface area contributed by atoms with Gasteiger partial charge >= 0.3 is 0 Å². The fraction of sp³-hybridized carbons (Fsp3) is 0.167. The largest absolute Gasteiger partial charge is 0.441 e. The monoisotopic (exact) mass is 187 g/mol. The van der Waals surface area contributed by atoms with E-state index in [0.29, 0.717) is 5.88 Å². The van der Waals surface area contributed by atoms with Gasteiger partial charge < -0.3 is 10.2 Å². The first-order valence-electron chi connectivity index (χ1n) is 4.60. The molecule has 0 bridgehead atoms. The fourth-order valence-electron chi connectivity index (χ4n) is 1.50. The topological polar surface area (TPSA) is 39.2 Å². The van der Waals surface area contributed by atoms with E-state index in [1.807, 2.05) is 6.07 Å². The Morgan fingerprint density at radius 1 is 1.07 bits per heavy atom. The van der Waals surface area contributed by atoms with Crippen molar-refractivity contribution >= 4 is 5.88 Å². The van der Waals surface area contributed by atoms with Crippen molar-refractivity contribution in [1.29, 1.82) is 0 Å². The number of rotatable bonds is 1. The first-order chi connectivity index (χ1) is 6.66. The molecule has 0 atom stereocenters. The lowest BCUT2D eigenvalue weighted by Gasteiger charge is -2.03. The molecular weight excluding hydrogens is 174 g/mol. The van der Waals surface area contributed by atoms with Crippen LogP contribution in [0.25, 0.3) is 11.3 Å². The van der Waals surface area contributed by atoms with Gasteiger partial charge in [-0.3, -0.25) is 0 Å². The molecule has 2 rings (SSSR count). The van der Waals surface area contributed by atoms with Crippen LogP contribution in [0, 0.1) is 13.8 Å². The summed E-state index contributed by atoms with van der Waals surface area (Å²) in [7, 11) is 0. The summed E-state index contributed by atoms with van der Waals surface area (Å²) in [6.07, 6.45) is 0. The summed E-state index contributed by atoms with van der Waals surface area (Å²) in [6, 6.07) is 9.95. The SMILES string of the molecule is Cc1ccc(C)c(-c2ccc(N)o2)c1. The maximum atomic E-state index is 5.54. The quantitative estimate of drug-likeness (QED) is 0.744. The summed E-state index contributed by atoms with van der Waals surface area (Å²) in [5.41, 5.74) is 9.07. The lowest BCUT2D eigenvalue weighted by atomic mass is 10.0. The maximum absolute atomic E-state index is 5.54. The Hall–Kier alpha value is -1.70. The summed E-state index contributed by atoms with van der Waals surface area (Å²) >= 11 is 0. The molecule has 0 aliphatic rings. The zero-order chi connectivity index (χ0) is 10.1. The van der Waals surface area contributed by atoms with Crippen LogP contribution in [-0.4, -0.2) is 0 Å². The smallest absolute Gasteiger partial charge is 0.190 e. The van der Waals surface area contributed by atoms with Crippen LogP contribution in [0.1, 0.15) is 11.1 Å². The van der Waals surface area contributed by atoms with E-state index in [9.17, 15) is 0 Å². The number of aryl methyl sites for hydroxylation is 2. The first-order valence-corrected chi connectivity index (χ1v) is 4.60. The Kier molecular flexibility index (Phi) is 2.04. The zero-order valence-electron chi connectivity index (χ0n) is 8.37. The summed E-state index contributed by atoms with van der Waals surface area (Å²) < 4.78 is 5.38. The van der Waals surface area contributed by atoms with Gasteiger partial charge in [-0.15, -0.1) is 0 Å². The van der Waals surface area contributed by atoms with Crippen molar-refractivity contribution in [2.75, 3.05) is 5.73 Å². The third-order valence-electron chi connectivity index (χ3n) is 2.29. The summed E-state index contributed by atoms with van der Waals surface area (Å²) in [5.74, 6) is 1.30. The molecule has 0 saturated carbocycles. The van der Waals surface area contributed by atoms with Gasteiger partial charge in [0.05, 0.1) is 0 Å². The molecule has 2 heteroatoms. The molecule has 0 saturated heterocycles. The van der Waals surface area contributed by atoms with Crippen molar-refractivity contribution in [2.24, 2.45) is 0 Å². The Labute approximate surface area is 83.4 Å². The van der Waals surface area contributed by atoms with E-state index in [2.05, 4.69) is 32.0 Å². The van der Waals surface area contributed by atoms with Crippen LogP contribution in [-0.2, 0) is 0 Å². The third-order valence-corrected chi connectivity index (χ3v) is 2.29. The molecule has 0 unspecified atom stereocenters. The molecular formula is C12H13NO. The van der Waals surface area contributed by atoms with E-state index in [-0.39, 0.29) is 0 Å². The third kappa shape index (κ3) is 1.51. The minimum atomic E-state index is 0.459. The standard InChI is InChI=1S/C12H13NO/c1-8-3-4-9(2)10(7-8)11-5-6-12(13)14-11/h3-7H,13H2,1-2H3. The Morgan fingerprint density at radius 3 is 2.50 bits per heavy atom. The minimum Gasteiger partial charge on any atom is -0.441 e. The molecule has 1 aromatic heterocycles. The van der Waals surface area contributed by atoms with Crippen LogP contribution in [0.4, 0.5) is 5.88 Å². The van der Waals surface area contributed by atoms with Gasteiger partial charge in [0.1, 0.15) is 5.76 Å². The molecule has 0 aliphatic heterocycles. The molecule has 0 spiro atoms. The normalized spacial score (nSPS) is 10.4. The van der Waals surface area contributed by atoms with Crippen LogP contribution < -0.4 is 5.73 Å². The van der Waals surface area contributed by atoms with Crippen molar-refractivity contribution in [3.63, 3.8) is 0 Å². The van der Waals surface area contributed by atoms with Gasteiger partial charge in [-0.05, 0) is 31.5 Å². The molecule has 2 aromatic rings. The maximum Gasteiger partial charge on any atom is 0.190 e. The van der Waals surface area contributed by atoms with Gasteiger partial charge in [-0.2, -0.15) is 0 Å². The van der Waals surface area contributed by atoms with E-state index in [4.69, 9.17) is 10.2 Å². The summed E-state index contributed by atoms with van der Waals surface area (Å²) in [6.45, 7) is 4.13. The molecule has 1 aromatic carbocycles. The molecule has 0 amide bonds. The Balaban J connectivity index is 2.55. The van der Waals surface area contributed by atoms with Gasteiger partial charge in [-0.1, -0.05) is 17.7 Å². The van der Waals surface area contributed by atoms with Gasteiger partial charge in [-0.25, -0.2) is 0 Å². The predicted octanol–water partition coefficient (Wildman–Crippen LogP) is 3.15. The second-order valence-corrected chi connectivity index (χ2v) is 3.52. The molecule has 72 valence electrons. The number of furan rings is 1. The fourth-order valence-corrected chi connectivity index (χ4v) is 1.50. The van der Waals surface area contributed by atoms with Gasteiger partial charge in [0.25, 0.3) is 0 Å². The number of anilines is 1. The van der Waals surface area contributed by atoms with Gasteiger partial charge in [0, 0.05) is 11.6 Å². The van der Waals surface area contributed by atoms with Crippen LogP contribution in [0.2, 0.25) is 0 Å². The van der Waals surface area contributed by atoms with Crippen molar-refractivity contribution in [3.05, 3.63) is 41.5 Å². The molecule has 2 nitrogen and oxygen atoms in total. The highest BCUT2D eigenvalue weighted by atomic mass is 16.3. The number of hydrogen-bond acceptors (Lipinski definition) is 2. The highest BCUT2D eigenvalue weighted by Gasteiger charge is 2.05. The molecule has 2 N–H and O–H groups in total. The molecule has 0 fully saturated rings. The van der Waals surface area contributed by atoms with E-state index in [0.717, 1.165) is 11.3 Å². The number of hydrogen-bond donors (Lipinski definition) is 1. The van der Waals surface area contributed by atoms with Crippen molar-refractivity contribution < 1.29 is 4.42 Å². The van der Waals surface area contributed by atoms with E-state index in [1.54, 1.807) is 6.07 Å².